The van der Waals surface area contributed by atoms with Gasteiger partial charge in [-0.3, -0.25) is 4.79 Å². The van der Waals surface area contributed by atoms with Crippen LogP contribution in [0.3, 0.4) is 0 Å². The maximum atomic E-state index is 11.7. The lowest BCUT2D eigenvalue weighted by Gasteiger charge is -2.37. The van der Waals surface area contributed by atoms with E-state index < -0.39 is 17.4 Å². The molecule has 3 nitrogen and oxygen atoms in total. The number of rotatable bonds is 3. The van der Waals surface area contributed by atoms with Gasteiger partial charge in [-0.05, 0) is 18.4 Å². The Kier molecular flexibility index (Phi) is 3.48. The quantitative estimate of drug-likeness (QED) is 0.838. The predicted molar refractivity (Wildman–Crippen MR) is 66.4 cm³/mol. The van der Waals surface area contributed by atoms with E-state index >= 15 is 0 Å². The molecule has 1 unspecified atom stereocenters. The van der Waals surface area contributed by atoms with Crippen LogP contribution in [0.5, 0.6) is 0 Å². The predicted octanol–water partition coefficient (Wildman–Crippen LogP) is 1.95. The molecule has 1 fully saturated rings. The third-order valence-electron chi connectivity index (χ3n) is 3.67. The third kappa shape index (κ3) is 2.50. The van der Waals surface area contributed by atoms with Gasteiger partial charge in [-0.15, -0.1) is 0 Å². The number of benzene rings is 1. The highest BCUT2D eigenvalue weighted by atomic mass is 16.3. The molecule has 1 atom stereocenters. The van der Waals surface area contributed by atoms with Crippen LogP contribution in [0.15, 0.2) is 30.3 Å². The number of amides is 1. The van der Waals surface area contributed by atoms with Gasteiger partial charge in [-0.2, -0.15) is 0 Å². The molecule has 1 aromatic rings. The Bertz CT molecular complexity index is 382. The van der Waals surface area contributed by atoms with Crippen LogP contribution in [0.4, 0.5) is 0 Å². The summed E-state index contributed by atoms with van der Waals surface area (Å²) in [4.78, 5) is 11.7. The minimum Gasteiger partial charge on any atom is -0.389 e. The summed E-state index contributed by atoms with van der Waals surface area (Å²) in [6.45, 7) is 0. The van der Waals surface area contributed by atoms with Crippen LogP contribution in [-0.2, 0) is 4.79 Å². The topological polar surface area (TPSA) is 63.3 Å². The lowest BCUT2D eigenvalue weighted by molar-refractivity contribution is -0.127. The van der Waals surface area contributed by atoms with Crippen molar-refractivity contribution < 1.29 is 9.90 Å². The van der Waals surface area contributed by atoms with Crippen molar-refractivity contribution in [2.24, 2.45) is 5.73 Å². The summed E-state index contributed by atoms with van der Waals surface area (Å²) in [6.07, 6.45) is 4.38. The fourth-order valence-corrected chi connectivity index (χ4v) is 2.84. The zero-order chi connectivity index (χ0) is 12.3. The average Bonchev–Trinajstić information content (AvgIpc) is 2.30. The fourth-order valence-electron chi connectivity index (χ4n) is 2.84. The van der Waals surface area contributed by atoms with Crippen LogP contribution in [0.25, 0.3) is 0 Å². The maximum Gasteiger partial charge on any atom is 0.227 e. The number of hydrogen-bond acceptors (Lipinski definition) is 2. The normalized spacial score (nSPS) is 20.8. The first-order valence-electron chi connectivity index (χ1n) is 6.20. The third-order valence-corrected chi connectivity index (χ3v) is 3.67. The first-order chi connectivity index (χ1) is 8.13. The van der Waals surface area contributed by atoms with Gasteiger partial charge in [-0.1, -0.05) is 49.6 Å². The van der Waals surface area contributed by atoms with E-state index in [4.69, 9.17) is 5.73 Å². The largest absolute Gasteiger partial charge is 0.389 e. The number of carbonyl (C=O) groups excluding carboxylic acids is 1. The van der Waals surface area contributed by atoms with Gasteiger partial charge in [0.05, 0.1) is 11.5 Å². The fraction of sp³-hybridized carbons (Fsp3) is 0.500. The molecule has 1 aromatic carbocycles. The molecule has 17 heavy (non-hydrogen) atoms. The second kappa shape index (κ2) is 4.88. The van der Waals surface area contributed by atoms with Gasteiger partial charge >= 0.3 is 0 Å². The Morgan fingerprint density at radius 3 is 2.29 bits per heavy atom. The minimum atomic E-state index is -0.953. The maximum absolute atomic E-state index is 11.7. The van der Waals surface area contributed by atoms with Crippen LogP contribution < -0.4 is 5.73 Å². The van der Waals surface area contributed by atoms with Crippen LogP contribution in [0.2, 0.25) is 0 Å². The molecule has 0 aromatic heterocycles. The van der Waals surface area contributed by atoms with Crippen molar-refractivity contribution in [1.82, 2.24) is 0 Å². The molecule has 1 aliphatic rings. The molecule has 1 amide bonds. The average molecular weight is 233 g/mol. The molecule has 3 heteroatoms. The molecule has 2 rings (SSSR count). The molecule has 1 aliphatic carbocycles. The first-order valence-corrected chi connectivity index (χ1v) is 6.20. The van der Waals surface area contributed by atoms with E-state index in [0.717, 1.165) is 24.8 Å². The highest BCUT2D eigenvalue weighted by Crippen LogP contribution is 2.39. The Balaban J connectivity index is 2.32. The van der Waals surface area contributed by atoms with Crippen molar-refractivity contribution in [2.75, 3.05) is 0 Å². The molecule has 0 bridgehead atoms. The second-order valence-corrected chi connectivity index (χ2v) is 4.91. The van der Waals surface area contributed by atoms with Crippen molar-refractivity contribution in [3.8, 4) is 0 Å². The molecule has 0 aliphatic heterocycles. The zero-order valence-corrected chi connectivity index (χ0v) is 9.93. The lowest BCUT2D eigenvalue weighted by atomic mass is 9.72. The molecule has 0 spiro atoms. The number of carbonyl (C=O) groups is 1. The SMILES string of the molecule is NC(=O)C(c1ccccc1)C1(O)CCCCC1. The Labute approximate surface area is 102 Å². The molecule has 0 heterocycles. The Morgan fingerprint density at radius 2 is 1.76 bits per heavy atom. The smallest absolute Gasteiger partial charge is 0.227 e. The monoisotopic (exact) mass is 233 g/mol. The van der Waals surface area contributed by atoms with Gasteiger partial charge in [0.1, 0.15) is 0 Å². The van der Waals surface area contributed by atoms with E-state index in [-0.39, 0.29) is 0 Å². The molecule has 92 valence electrons. The molecule has 0 radical (unpaired) electrons. The van der Waals surface area contributed by atoms with Crippen molar-refractivity contribution in [3.63, 3.8) is 0 Å². The van der Waals surface area contributed by atoms with E-state index in [0.29, 0.717) is 12.8 Å². The minimum absolute atomic E-state index is 0.430. The first kappa shape index (κ1) is 12.1. The molecular weight excluding hydrogens is 214 g/mol. The Morgan fingerprint density at radius 1 is 1.18 bits per heavy atom. The van der Waals surface area contributed by atoms with Crippen molar-refractivity contribution in [2.45, 2.75) is 43.6 Å². The molecule has 1 saturated carbocycles. The number of aliphatic hydroxyl groups is 1. The van der Waals surface area contributed by atoms with Crippen LogP contribution in [-0.4, -0.2) is 16.6 Å². The lowest BCUT2D eigenvalue weighted by Crippen LogP contribution is -2.44. The highest BCUT2D eigenvalue weighted by molar-refractivity contribution is 5.83. The van der Waals surface area contributed by atoms with Gasteiger partial charge in [0.15, 0.2) is 0 Å². The van der Waals surface area contributed by atoms with Gasteiger partial charge in [0, 0.05) is 0 Å². The summed E-state index contributed by atoms with van der Waals surface area (Å²) in [5.41, 5.74) is 5.36. The number of hydrogen-bond donors (Lipinski definition) is 2. The van der Waals surface area contributed by atoms with Gasteiger partial charge in [-0.25, -0.2) is 0 Å². The van der Waals surface area contributed by atoms with E-state index in [1.807, 2.05) is 30.3 Å². The molecule has 0 saturated heterocycles. The summed E-state index contributed by atoms with van der Waals surface area (Å²) < 4.78 is 0. The Hall–Kier alpha value is -1.35. The zero-order valence-electron chi connectivity index (χ0n) is 9.93. The van der Waals surface area contributed by atoms with Crippen LogP contribution in [0.1, 0.15) is 43.6 Å². The van der Waals surface area contributed by atoms with Gasteiger partial charge < -0.3 is 10.8 Å². The highest BCUT2D eigenvalue weighted by Gasteiger charge is 2.41. The van der Waals surface area contributed by atoms with Crippen LogP contribution in [0, 0.1) is 0 Å². The van der Waals surface area contributed by atoms with Gasteiger partial charge in [0.2, 0.25) is 5.91 Å². The van der Waals surface area contributed by atoms with Crippen molar-refractivity contribution >= 4 is 5.91 Å². The van der Waals surface area contributed by atoms with Crippen molar-refractivity contribution in [1.29, 1.82) is 0 Å². The van der Waals surface area contributed by atoms with E-state index in [2.05, 4.69) is 0 Å². The summed E-state index contributed by atoms with van der Waals surface area (Å²) in [5, 5.41) is 10.7. The summed E-state index contributed by atoms with van der Waals surface area (Å²) >= 11 is 0. The van der Waals surface area contributed by atoms with Crippen LogP contribution >= 0.6 is 0 Å². The summed E-state index contributed by atoms with van der Waals surface area (Å²) in [6, 6.07) is 9.37. The second-order valence-electron chi connectivity index (χ2n) is 4.91. The summed E-state index contributed by atoms with van der Waals surface area (Å²) in [7, 11) is 0. The molecular formula is C14H19NO2. The summed E-state index contributed by atoms with van der Waals surface area (Å²) in [5.74, 6) is -1.01. The number of nitrogens with two attached hydrogens (primary N) is 1. The van der Waals surface area contributed by atoms with E-state index in [1.165, 1.54) is 0 Å². The standard InChI is InChI=1S/C14H19NO2/c15-13(16)12(11-7-3-1-4-8-11)14(17)9-5-2-6-10-14/h1,3-4,7-8,12,17H,2,5-6,9-10H2,(H2,15,16). The van der Waals surface area contributed by atoms with E-state index in [1.54, 1.807) is 0 Å². The van der Waals surface area contributed by atoms with Crippen molar-refractivity contribution in [3.05, 3.63) is 35.9 Å². The van der Waals surface area contributed by atoms with E-state index in [9.17, 15) is 9.90 Å². The number of primary amides is 1. The van der Waals surface area contributed by atoms with Gasteiger partial charge in [0.25, 0.3) is 0 Å². The molecule has 3 N–H and O–H groups in total.